The topological polar surface area (TPSA) is 76.2 Å². The summed E-state index contributed by atoms with van der Waals surface area (Å²) in [5.41, 5.74) is 2.59. The molecule has 0 saturated heterocycles. The molecule has 1 N–H and O–H groups in total. The minimum atomic E-state index is -0.957. The summed E-state index contributed by atoms with van der Waals surface area (Å²) >= 11 is 1.34. The van der Waals surface area contributed by atoms with Crippen molar-refractivity contribution < 1.29 is 14.4 Å². The zero-order chi connectivity index (χ0) is 14.0. The third-order valence-electron chi connectivity index (χ3n) is 2.55. The van der Waals surface area contributed by atoms with Gasteiger partial charge in [-0.15, -0.1) is 0 Å². The van der Waals surface area contributed by atoms with Gasteiger partial charge in [0.1, 0.15) is 10.8 Å². The molecule has 6 heteroatoms. The summed E-state index contributed by atoms with van der Waals surface area (Å²) < 4.78 is 5.10. The molecule has 5 nitrogen and oxygen atoms in total. The average molecular weight is 278 g/mol. The maximum atomic E-state index is 11.3. The van der Waals surface area contributed by atoms with E-state index in [0.29, 0.717) is 16.5 Å². The van der Waals surface area contributed by atoms with Crippen molar-refractivity contribution in [1.82, 2.24) is 10.1 Å². The zero-order valence-electron chi connectivity index (χ0n) is 10.9. The van der Waals surface area contributed by atoms with Crippen LogP contribution in [0.1, 0.15) is 33.1 Å². The van der Waals surface area contributed by atoms with E-state index in [-0.39, 0.29) is 5.56 Å². The zero-order valence-corrected chi connectivity index (χ0v) is 11.7. The number of hydrogen-bond acceptors (Lipinski definition) is 5. The highest BCUT2D eigenvalue weighted by molar-refractivity contribution is 7.98. The lowest BCUT2D eigenvalue weighted by Crippen LogP contribution is -2.05. The van der Waals surface area contributed by atoms with Gasteiger partial charge in [-0.25, -0.2) is 9.78 Å². The highest BCUT2D eigenvalue weighted by atomic mass is 32.2. The summed E-state index contributed by atoms with van der Waals surface area (Å²) in [5, 5.41) is 13.6. The van der Waals surface area contributed by atoms with E-state index in [9.17, 15) is 9.90 Å². The van der Waals surface area contributed by atoms with Crippen molar-refractivity contribution in [3.8, 4) is 0 Å². The Morgan fingerprint density at radius 3 is 2.63 bits per heavy atom. The first-order valence-corrected chi connectivity index (χ1v) is 6.72. The third kappa shape index (κ3) is 3.14. The van der Waals surface area contributed by atoms with Crippen LogP contribution >= 0.6 is 11.8 Å². The first-order chi connectivity index (χ1) is 8.97. The van der Waals surface area contributed by atoms with E-state index >= 15 is 0 Å². The molecule has 2 heterocycles. The van der Waals surface area contributed by atoms with Crippen molar-refractivity contribution in [2.24, 2.45) is 0 Å². The molecule has 0 amide bonds. The Balaban J connectivity index is 2.26. The summed E-state index contributed by atoms with van der Waals surface area (Å²) in [6, 6.07) is 3.60. The molecule has 100 valence electrons. The fraction of sp³-hybridized carbons (Fsp3) is 0.308. The van der Waals surface area contributed by atoms with Crippen LogP contribution in [-0.4, -0.2) is 21.2 Å². The van der Waals surface area contributed by atoms with Gasteiger partial charge in [0, 0.05) is 11.8 Å². The van der Waals surface area contributed by atoms with Gasteiger partial charge in [0.05, 0.1) is 17.0 Å². The van der Waals surface area contributed by atoms with E-state index in [0.717, 1.165) is 17.0 Å². The van der Waals surface area contributed by atoms with Crippen molar-refractivity contribution in [2.75, 3.05) is 0 Å². The predicted molar refractivity (Wildman–Crippen MR) is 71.5 cm³/mol. The molecule has 0 bridgehead atoms. The van der Waals surface area contributed by atoms with Crippen LogP contribution in [-0.2, 0) is 5.75 Å². The van der Waals surface area contributed by atoms with Gasteiger partial charge in [-0.3, -0.25) is 0 Å². The van der Waals surface area contributed by atoms with Gasteiger partial charge >= 0.3 is 5.97 Å². The lowest BCUT2D eigenvalue weighted by atomic mass is 10.1. The summed E-state index contributed by atoms with van der Waals surface area (Å²) in [6.45, 7) is 5.47. The van der Waals surface area contributed by atoms with Crippen LogP contribution in [0.2, 0.25) is 0 Å². The van der Waals surface area contributed by atoms with Gasteiger partial charge in [0.25, 0.3) is 0 Å². The molecule has 19 heavy (non-hydrogen) atoms. The third-order valence-corrected chi connectivity index (χ3v) is 3.55. The lowest BCUT2D eigenvalue weighted by molar-refractivity contribution is 0.0691. The summed E-state index contributed by atoms with van der Waals surface area (Å²) in [5.74, 6) is 0.262. The Hall–Kier alpha value is -1.82. The summed E-state index contributed by atoms with van der Waals surface area (Å²) in [6.07, 6.45) is 0. The molecular weight excluding hydrogens is 264 g/mol. The molecular formula is C13H14N2O3S. The summed E-state index contributed by atoms with van der Waals surface area (Å²) in [4.78, 5) is 15.6. The molecule has 0 atom stereocenters. The molecule has 0 aromatic carbocycles. The fourth-order valence-corrected chi connectivity index (χ4v) is 2.81. The highest BCUT2D eigenvalue weighted by Crippen LogP contribution is 2.27. The lowest BCUT2D eigenvalue weighted by Gasteiger charge is -2.08. The van der Waals surface area contributed by atoms with E-state index in [2.05, 4.69) is 10.1 Å². The van der Waals surface area contributed by atoms with E-state index in [4.69, 9.17) is 4.52 Å². The van der Waals surface area contributed by atoms with E-state index in [1.807, 2.05) is 19.9 Å². The van der Waals surface area contributed by atoms with Crippen molar-refractivity contribution in [2.45, 2.75) is 31.6 Å². The number of rotatable bonds is 4. The number of nitrogens with zero attached hydrogens (tertiary/aromatic N) is 2. The van der Waals surface area contributed by atoms with Crippen molar-refractivity contribution in [3.05, 3.63) is 40.4 Å². The maximum Gasteiger partial charge on any atom is 0.338 e. The molecule has 0 spiro atoms. The largest absolute Gasteiger partial charge is 0.478 e. The van der Waals surface area contributed by atoms with Crippen LogP contribution in [0.4, 0.5) is 0 Å². The molecule has 0 radical (unpaired) electrons. The van der Waals surface area contributed by atoms with Gasteiger partial charge in [-0.2, -0.15) is 0 Å². The van der Waals surface area contributed by atoms with Gasteiger partial charge in [-0.1, -0.05) is 16.9 Å². The molecule has 0 unspecified atom stereocenters. The number of aryl methyl sites for hydroxylation is 3. The first-order valence-electron chi connectivity index (χ1n) is 5.74. The second-order valence-corrected chi connectivity index (χ2v) is 5.25. The molecule has 0 saturated carbocycles. The van der Waals surface area contributed by atoms with Gasteiger partial charge in [0.2, 0.25) is 0 Å². The monoisotopic (exact) mass is 278 g/mol. The van der Waals surface area contributed by atoms with E-state index in [1.165, 1.54) is 11.8 Å². The molecule has 0 fully saturated rings. The smallest absolute Gasteiger partial charge is 0.338 e. The molecule has 2 rings (SSSR count). The number of carboxylic acids is 1. The minimum absolute atomic E-state index is 0.256. The first kappa shape index (κ1) is 13.6. The minimum Gasteiger partial charge on any atom is -0.478 e. The van der Waals surface area contributed by atoms with Crippen LogP contribution in [0.3, 0.4) is 0 Å². The number of aromatic nitrogens is 2. The second kappa shape index (κ2) is 5.44. The van der Waals surface area contributed by atoms with E-state index in [1.54, 1.807) is 13.0 Å². The van der Waals surface area contributed by atoms with Crippen LogP contribution in [0, 0.1) is 20.8 Å². The quantitative estimate of drug-likeness (QED) is 0.866. The van der Waals surface area contributed by atoms with Crippen molar-refractivity contribution in [1.29, 1.82) is 0 Å². The average Bonchev–Trinajstić information content (AvgIpc) is 2.71. The van der Waals surface area contributed by atoms with Crippen molar-refractivity contribution >= 4 is 17.7 Å². The standard InChI is InChI=1S/C13H14N2O3S/c1-7-4-8(2)14-12(11(7)13(16)17)19-6-10-5-9(3)15-18-10/h4-5H,6H2,1-3H3,(H,16,17). The van der Waals surface area contributed by atoms with Gasteiger partial charge < -0.3 is 9.63 Å². The molecule has 0 aliphatic rings. The Labute approximate surface area is 115 Å². The van der Waals surface area contributed by atoms with Crippen LogP contribution in [0.5, 0.6) is 0 Å². The van der Waals surface area contributed by atoms with E-state index < -0.39 is 5.97 Å². The predicted octanol–water partition coefficient (Wildman–Crippen LogP) is 2.99. The Kier molecular flexibility index (Phi) is 3.90. The number of hydrogen-bond donors (Lipinski definition) is 1. The number of thioether (sulfide) groups is 1. The Morgan fingerprint density at radius 2 is 2.05 bits per heavy atom. The Bertz CT molecular complexity index is 622. The number of carbonyl (C=O) groups is 1. The van der Waals surface area contributed by atoms with Gasteiger partial charge in [-0.05, 0) is 32.4 Å². The second-order valence-electron chi connectivity index (χ2n) is 4.29. The SMILES string of the molecule is Cc1cc(CSc2nc(C)cc(C)c2C(=O)O)on1. The van der Waals surface area contributed by atoms with Crippen LogP contribution in [0.25, 0.3) is 0 Å². The van der Waals surface area contributed by atoms with Crippen LogP contribution in [0.15, 0.2) is 21.7 Å². The maximum absolute atomic E-state index is 11.3. The van der Waals surface area contributed by atoms with Crippen LogP contribution < -0.4 is 0 Å². The van der Waals surface area contributed by atoms with Crippen molar-refractivity contribution in [3.63, 3.8) is 0 Å². The Morgan fingerprint density at radius 1 is 1.32 bits per heavy atom. The van der Waals surface area contributed by atoms with Gasteiger partial charge in [0.15, 0.2) is 0 Å². The fourth-order valence-electron chi connectivity index (χ4n) is 1.79. The molecule has 2 aromatic rings. The summed E-state index contributed by atoms with van der Waals surface area (Å²) in [7, 11) is 0. The molecule has 2 aromatic heterocycles. The molecule has 0 aliphatic carbocycles. The number of pyridine rings is 1. The number of carboxylic acid groups (broad SMARTS) is 1. The normalized spacial score (nSPS) is 10.7. The highest BCUT2D eigenvalue weighted by Gasteiger charge is 2.16. The number of aromatic carboxylic acids is 1. The molecule has 0 aliphatic heterocycles.